The van der Waals surface area contributed by atoms with Crippen molar-refractivity contribution in [2.75, 3.05) is 5.32 Å². The van der Waals surface area contributed by atoms with Gasteiger partial charge in [-0.3, -0.25) is 0 Å². The van der Waals surface area contributed by atoms with E-state index in [4.69, 9.17) is 16.0 Å². The number of aromatic nitrogens is 3. The fourth-order valence-corrected chi connectivity index (χ4v) is 1.42. The highest BCUT2D eigenvalue weighted by Crippen LogP contribution is 2.17. The van der Waals surface area contributed by atoms with Crippen LogP contribution in [0.5, 0.6) is 0 Å². The lowest BCUT2D eigenvalue weighted by Crippen LogP contribution is -2.08. The molecule has 2 aromatic heterocycles. The number of oxazole rings is 1. The van der Waals surface area contributed by atoms with E-state index in [1.54, 1.807) is 18.5 Å². The molecule has 1 N–H and O–H groups in total. The van der Waals surface area contributed by atoms with Crippen molar-refractivity contribution in [3.63, 3.8) is 0 Å². The van der Waals surface area contributed by atoms with Crippen LogP contribution in [0.3, 0.4) is 0 Å². The van der Waals surface area contributed by atoms with E-state index in [1.807, 2.05) is 13.8 Å². The molecule has 5 nitrogen and oxygen atoms in total. The Balaban J connectivity index is 2.10. The van der Waals surface area contributed by atoms with E-state index >= 15 is 0 Å². The van der Waals surface area contributed by atoms with Crippen LogP contribution < -0.4 is 5.32 Å². The van der Waals surface area contributed by atoms with Crippen molar-refractivity contribution in [3.8, 4) is 0 Å². The summed E-state index contributed by atoms with van der Waals surface area (Å²) in [6.45, 7) is 3.78. The van der Waals surface area contributed by atoms with Gasteiger partial charge < -0.3 is 9.73 Å². The number of hydrogen-bond donors (Lipinski definition) is 1. The summed E-state index contributed by atoms with van der Waals surface area (Å²) in [5.41, 5.74) is 0. The molecule has 0 aliphatic carbocycles. The maximum Gasteiger partial charge on any atom is 0.224 e. The van der Waals surface area contributed by atoms with Gasteiger partial charge in [-0.15, -0.1) is 0 Å². The van der Waals surface area contributed by atoms with Crippen molar-refractivity contribution in [3.05, 3.63) is 35.4 Å². The molecule has 0 spiro atoms. The second-order valence-corrected chi connectivity index (χ2v) is 3.72. The minimum absolute atomic E-state index is 0.0698. The molecular formula is C10H11ClN4O. The second-order valence-electron chi connectivity index (χ2n) is 3.39. The van der Waals surface area contributed by atoms with Gasteiger partial charge >= 0.3 is 0 Å². The molecule has 2 heterocycles. The lowest BCUT2D eigenvalue weighted by atomic mass is 10.3. The third-order valence-corrected chi connectivity index (χ3v) is 2.18. The Morgan fingerprint density at radius 3 is 2.88 bits per heavy atom. The molecular weight excluding hydrogens is 228 g/mol. The minimum Gasteiger partial charge on any atom is -0.444 e. The van der Waals surface area contributed by atoms with Crippen molar-refractivity contribution in [1.29, 1.82) is 0 Å². The summed E-state index contributed by atoms with van der Waals surface area (Å²) < 4.78 is 5.40. The van der Waals surface area contributed by atoms with Gasteiger partial charge in [-0.05, 0) is 31.5 Å². The zero-order valence-electron chi connectivity index (χ0n) is 8.94. The average Bonchev–Trinajstić information content (AvgIpc) is 2.65. The average molecular weight is 239 g/mol. The van der Waals surface area contributed by atoms with Gasteiger partial charge in [0.25, 0.3) is 0 Å². The first-order valence-electron chi connectivity index (χ1n) is 4.82. The number of aryl methyl sites for hydroxylation is 1. The first-order valence-corrected chi connectivity index (χ1v) is 5.20. The Kier molecular flexibility index (Phi) is 3.05. The van der Waals surface area contributed by atoms with Crippen LogP contribution in [-0.4, -0.2) is 15.0 Å². The molecule has 0 amide bonds. The maximum atomic E-state index is 5.68. The third kappa shape index (κ3) is 2.49. The lowest BCUT2D eigenvalue weighted by molar-refractivity contribution is 0.453. The van der Waals surface area contributed by atoms with Crippen LogP contribution in [0.15, 0.2) is 22.9 Å². The number of hydrogen-bond acceptors (Lipinski definition) is 5. The van der Waals surface area contributed by atoms with Crippen LogP contribution in [0.1, 0.15) is 24.6 Å². The van der Waals surface area contributed by atoms with Crippen LogP contribution in [0.4, 0.5) is 5.82 Å². The molecule has 2 aromatic rings. The van der Waals surface area contributed by atoms with Crippen molar-refractivity contribution < 1.29 is 4.42 Å². The highest BCUT2D eigenvalue weighted by Gasteiger charge is 2.11. The Bertz CT molecular complexity index is 485. The van der Waals surface area contributed by atoms with Crippen molar-refractivity contribution >= 4 is 17.4 Å². The highest BCUT2D eigenvalue weighted by atomic mass is 35.5. The first-order chi connectivity index (χ1) is 7.65. The summed E-state index contributed by atoms with van der Waals surface area (Å²) in [4.78, 5) is 11.9. The van der Waals surface area contributed by atoms with E-state index < -0.39 is 0 Å². The fourth-order valence-electron chi connectivity index (χ4n) is 1.27. The van der Waals surface area contributed by atoms with Gasteiger partial charge in [0.2, 0.25) is 11.2 Å². The Morgan fingerprint density at radius 2 is 2.25 bits per heavy atom. The van der Waals surface area contributed by atoms with Crippen molar-refractivity contribution in [2.45, 2.75) is 19.9 Å². The van der Waals surface area contributed by atoms with Gasteiger partial charge in [-0.2, -0.15) is 0 Å². The van der Waals surface area contributed by atoms with E-state index in [1.165, 1.54) is 0 Å². The monoisotopic (exact) mass is 238 g/mol. The van der Waals surface area contributed by atoms with Crippen LogP contribution in [-0.2, 0) is 0 Å². The zero-order chi connectivity index (χ0) is 11.5. The molecule has 0 bridgehead atoms. The molecule has 0 aliphatic rings. The van der Waals surface area contributed by atoms with E-state index in [0.717, 1.165) is 5.76 Å². The van der Waals surface area contributed by atoms with E-state index in [9.17, 15) is 0 Å². The SMILES string of the molecule is Cc1cnc(C(C)Nc2ccnc(Cl)n2)o1. The topological polar surface area (TPSA) is 63.8 Å². The molecule has 0 aromatic carbocycles. The van der Waals surface area contributed by atoms with Crippen LogP contribution in [0, 0.1) is 6.92 Å². The molecule has 2 rings (SSSR count). The van der Waals surface area contributed by atoms with Gasteiger partial charge in [0.1, 0.15) is 17.6 Å². The smallest absolute Gasteiger partial charge is 0.224 e. The highest BCUT2D eigenvalue weighted by molar-refractivity contribution is 6.28. The first kappa shape index (κ1) is 10.9. The molecule has 84 valence electrons. The Labute approximate surface area is 97.9 Å². The number of anilines is 1. The molecule has 0 saturated carbocycles. The number of nitrogens with one attached hydrogen (secondary N) is 1. The molecule has 16 heavy (non-hydrogen) atoms. The van der Waals surface area contributed by atoms with Crippen molar-refractivity contribution in [1.82, 2.24) is 15.0 Å². The molecule has 1 unspecified atom stereocenters. The molecule has 6 heteroatoms. The van der Waals surface area contributed by atoms with Crippen LogP contribution >= 0.6 is 11.6 Å². The quantitative estimate of drug-likeness (QED) is 0.833. The second kappa shape index (κ2) is 4.49. The van der Waals surface area contributed by atoms with Gasteiger partial charge in [0.05, 0.1) is 6.20 Å². The molecule has 0 fully saturated rings. The van der Waals surface area contributed by atoms with Crippen molar-refractivity contribution in [2.24, 2.45) is 0 Å². The van der Waals surface area contributed by atoms with Gasteiger partial charge in [0.15, 0.2) is 0 Å². The van der Waals surface area contributed by atoms with Crippen LogP contribution in [0.25, 0.3) is 0 Å². The van der Waals surface area contributed by atoms with E-state index in [0.29, 0.717) is 11.7 Å². The summed E-state index contributed by atoms with van der Waals surface area (Å²) in [5, 5.41) is 3.33. The maximum absolute atomic E-state index is 5.68. The summed E-state index contributed by atoms with van der Waals surface area (Å²) in [6.07, 6.45) is 3.27. The predicted octanol–water partition coefficient (Wildman–Crippen LogP) is 2.60. The normalized spacial score (nSPS) is 12.4. The summed E-state index contributed by atoms with van der Waals surface area (Å²) in [7, 11) is 0. The zero-order valence-corrected chi connectivity index (χ0v) is 9.69. The van der Waals surface area contributed by atoms with Gasteiger partial charge in [-0.1, -0.05) is 0 Å². The fraction of sp³-hybridized carbons (Fsp3) is 0.300. The largest absolute Gasteiger partial charge is 0.444 e. The molecule has 0 saturated heterocycles. The summed E-state index contributed by atoms with van der Waals surface area (Å²) in [6, 6.07) is 1.66. The predicted molar refractivity (Wildman–Crippen MR) is 60.3 cm³/mol. The third-order valence-electron chi connectivity index (χ3n) is 2.00. The standard InChI is InChI=1S/C10H11ClN4O/c1-6-5-13-9(16-6)7(2)14-8-3-4-12-10(11)15-8/h3-5,7H,1-2H3,(H,12,14,15). The lowest BCUT2D eigenvalue weighted by Gasteiger charge is -2.10. The van der Waals surface area contributed by atoms with E-state index in [2.05, 4.69) is 20.3 Å². The van der Waals surface area contributed by atoms with E-state index in [-0.39, 0.29) is 11.3 Å². The summed E-state index contributed by atoms with van der Waals surface area (Å²) >= 11 is 5.68. The number of nitrogens with zero attached hydrogens (tertiary/aromatic N) is 3. The van der Waals surface area contributed by atoms with Gasteiger partial charge in [0, 0.05) is 6.20 Å². The summed E-state index contributed by atoms with van der Waals surface area (Å²) in [5.74, 6) is 2.04. The number of rotatable bonds is 3. The Hall–Kier alpha value is -1.62. The van der Waals surface area contributed by atoms with Crippen LogP contribution in [0.2, 0.25) is 5.28 Å². The molecule has 1 atom stereocenters. The minimum atomic E-state index is -0.0698. The molecule has 0 radical (unpaired) electrons. The Morgan fingerprint density at radius 1 is 1.44 bits per heavy atom. The number of halogens is 1. The molecule has 0 aliphatic heterocycles. The van der Waals surface area contributed by atoms with Gasteiger partial charge in [-0.25, -0.2) is 15.0 Å².